The van der Waals surface area contributed by atoms with E-state index in [1.54, 1.807) is 0 Å². The van der Waals surface area contributed by atoms with Crippen LogP contribution in [0.4, 0.5) is 0 Å². The lowest BCUT2D eigenvalue weighted by molar-refractivity contribution is -0.164. The molecule has 1 fully saturated rings. The van der Waals surface area contributed by atoms with Gasteiger partial charge >= 0.3 is 7.60 Å². The highest BCUT2D eigenvalue weighted by molar-refractivity contribution is 8.14. The molecule has 0 amide bonds. The monoisotopic (exact) mass is 327 g/mol. The summed E-state index contributed by atoms with van der Waals surface area (Å²) in [5.41, 5.74) is -0.499. The smallest absolute Gasteiger partial charge is 0.328 e. The van der Waals surface area contributed by atoms with E-state index in [0.717, 1.165) is 0 Å². The largest absolute Gasteiger partial charge is 0.394 e. The van der Waals surface area contributed by atoms with Crippen molar-refractivity contribution in [1.82, 2.24) is 0 Å². The van der Waals surface area contributed by atoms with Gasteiger partial charge in [0.25, 0.3) is 0 Å². The number of rotatable bonds is 5. The van der Waals surface area contributed by atoms with E-state index >= 15 is 0 Å². The Bertz CT molecular complexity index is 434. The molecule has 0 aromatic heterocycles. The number of aliphatic imine (C=N–C) groups is 1. The molecular formula is C10H18NO7PS. The summed E-state index contributed by atoms with van der Waals surface area (Å²) in [5, 5.41) is 29.3. The molecule has 2 aliphatic rings. The summed E-state index contributed by atoms with van der Waals surface area (Å²) in [5.74, 6) is 0. The van der Waals surface area contributed by atoms with Crippen LogP contribution in [0.2, 0.25) is 0 Å². The van der Waals surface area contributed by atoms with Crippen molar-refractivity contribution in [3.63, 3.8) is 0 Å². The lowest BCUT2D eigenvalue weighted by Gasteiger charge is -2.37. The van der Waals surface area contributed by atoms with Crippen LogP contribution < -0.4 is 0 Å². The molecule has 116 valence electrons. The molecule has 0 spiro atoms. The van der Waals surface area contributed by atoms with Gasteiger partial charge in [-0.25, -0.2) is 0 Å². The number of fused-ring (bicyclic) bond motifs is 1. The van der Waals surface area contributed by atoms with E-state index in [4.69, 9.17) is 9.84 Å². The molecule has 0 aromatic carbocycles. The molecule has 0 radical (unpaired) electrons. The number of hydrogen-bond acceptors (Lipinski definition) is 8. The highest BCUT2D eigenvalue weighted by Crippen LogP contribution is 2.44. The van der Waals surface area contributed by atoms with Crippen molar-refractivity contribution in [1.29, 1.82) is 0 Å². The summed E-state index contributed by atoms with van der Waals surface area (Å²) in [6, 6.07) is -0.631. The average molecular weight is 327 g/mol. The number of thioether (sulfide) groups is 1. The zero-order valence-corrected chi connectivity index (χ0v) is 12.5. The maximum atomic E-state index is 11.4. The standard InChI is InChI=1S/C10H18NO7PS/c1-17-19(15,16)3-2-6-11-7-9(14)8(13)5(4-12)18-10(7)20-6/h5,7-10,12-14H,2-4H2,1H3,(H,15,16)/t5-,7-,8-,9-,10-/m1/s1. The summed E-state index contributed by atoms with van der Waals surface area (Å²) in [7, 11) is -2.43. The second-order valence-electron chi connectivity index (χ2n) is 4.63. The van der Waals surface area contributed by atoms with Crippen LogP contribution in [-0.2, 0) is 13.8 Å². The van der Waals surface area contributed by atoms with Crippen LogP contribution in [0, 0.1) is 0 Å². The van der Waals surface area contributed by atoms with Crippen molar-refractivity contribution < 1.29 is 34.0 Å². The molecule has 2 aliphatic heterocycles. The molecule has 10 heteroatoms. The van der Waals surface area contributed by atoms with Crippen molar-refractivity contribution >= 4 is 24.4 Å². The second kappa shape index (κ2) is 6.41. The Balaban J connectivity index is 1.99. The predicted octanol–water partition coefficient (Wildman–Crippen LogP) is -0.839. The van der Waals surface area contributed by atoms with Gasteiger partial charge in [0.15, 0.2) is 0 Å². The van der Waals surface area contributed by atoms with Gasteiger partial charge in [0.2, 0.25) is 0 Å². The highest BCUT2D eigenvalue weighted by Gasteiger charge is 2.47. The summed E-state index contributed by atoms with van der Waals surface area (Å²) in [4.78, 5) is 13.6. The number of ether oxygens (including phenoxy) is 1. The summed E-state index contributed by atoms with van der Waals surface area (Å²) in [6.45, 7) is -0.396. The third-order valence-corrected chi connectivity index (χ3v) is 5.85. The van der Waals surface area contributed by atoms with Gasteiger partial charge in [-0.05, 0) is 0 Å². The lowest BCUT2D eigenvalue weighted by atomic mass is 9.99. The first-order valence-corrected chi connectivity index (χ1v) is 8.75. The van der Waals surface area contributed by atoms with Crippen molar-refractivity contribution in [3.8, 4) is 0 Å². The third-order valence-electron chi connectivity index (χ3n) is 3.29. The van der Waals surface area contributed by atoms with E-state index in [1.165, 1.54) is 18.9 Å². The third kappa shape index (κ3) is 3.42. The Labute approximate surface area is 120 Å². The number of aliphatic hydroxyl groups excluding tert-OH is 3. The average Bonchev–Trinajstić information content (AvgIpc) is 2.84. The maximum absolute atomic E-state index is 11.4. The molecule has 8 nitrogen and oxygen atoms in total. The zero-order valence-electron chi connectivity index (χ0n) is 10.8. The van der Waals surface area contributed by atoms with Crippen molar-refractivity contribution in [2.24, 2.45) is 4.99 Å². The summed E-state index contributed by atoms with van der Waals surface area (Å²) in [6.07, 6.45) is -3.02. The molecule has 1 saturated heterocycles. The molecule has 2 heterocycles. The lowest BCUT2D eigenvalue weighted by Crippen LogP contribution is -2.55. The first-order valence-electron chi connectivity index (χ1n) is 6.11. The van der Waals surface area contributed by atoms with Gasteiger partial charge in [-0.3, -0.25) is 9.56 Å². The number of nitrogens with zero attached hydrogens (tertiary/aromatic N) is 1. The number of aliphatic hydroxyl groups is 3. The highest BCUT2D eigenvalue weighted by atomic mass is 32.2. The molecule has 2 rings (SSSR count). The van der Waals surface area contributed by atoms with Crippen molar-refractivity contribution in [3.05, 3.63) is 0 Å². The fourth-order valence-electron chi connectivity index (χ4n) is 2.08. The van der Waals surface area contributed by atoms with Crippen molar-refractivity contribution in [2.45, 2.75) is 36.2 Å². The minimum absolute atomic E-state index is 0.0726. The van der Waals surface area contributed by atoms with Crippen LogP contribution in [0.25, 0.3) is 0 Å². The Hall–Kier alpha value is 0.0100. The van der Waals surface area contributed by atoms with Gasteiger partial charge < -0.3 is 29.5 Å². The second-order valence-corrected chi connectivity index (χ2v) is 7.89. The van der Waals surface area contributed by atoms with Crippen LogP contribution in [0.3, 0.4) is 0 Å². The van der Waals surface area contributed by atoms with Crippen molar-refractivity contribution in [2.75, 3.05) is 19.9 Å². The maximum Gasteiger partial charge on any atom is 0.328 e. The van der Waals surface area contributed by atoms with Crippen LogP contribution in [0.15, 0.2) is 4.99 Å². The normalized spacial score (nSPS) is 40.0. The SMILES string of the molecule is COP(=O)(O)CCC1=N[C@@H]2[C@@H](O)[C@H](O)[C@@H](CO)O[C@@H]2S1. The van der Waals surface area contributed by atoms with Crippen LogP contribution in [0.1, 0.15) is 6.42 Å². The molecular weight excluding hydrogens is 309 g/mol. The molecule has 1 unspecified atom stereocenters. The van der Waals surface area contributed by atoms with Gasteiger partial charge in [-0.1, -0.05) is 11.8 Å². The molecule has 20 heavy (non-hydrogen) atoms. The van der Waals surface area contributed by atoms with E-state index in [1.807, 2.05) is 0 Å². The quantitative estimate of drug-likeness (QED) is 0.481. The minimum Gasteiger partial charge on any atom is -0.394 e. The summed E-state index contributed by atoms with van der Waals surface area (Å²) >= 11 is 1.23. The van der Waals surface area contributed by atoms with E-state index < -0.39 is 44.0 Å². The molecule has 0 bridgehead atoms. The van der Waals surface area contributed by atoms with Crippen LogP contribution in [0.5, 0.6) is 0 Å². The fraction of sp³-hybridized carbons (Fsp3) is 0.900. The Morgan fingerprint density at radius 3 is 2.75 bits per heavy atom. The van der Waals surface area contributed by atoms with E-state index in [0.29, 0.717) is 5.04 Å². The first-order chi connectivity index (χ1) is 9.38. The molecule has 6 atom stereocenters. The fourth-order valence-corrected chi connectivity index (χ4v) is 4.14. The molecule has 0 saturated carbocycles. The van der Waals surface area contributed by atoms with E-state index in [-0.39, 0.29) is 12.6 Å². The first kappa shape index (κ1) is 16.4. The van der Waals surface area contributed by atoms with Gasteiger partial charge in [0.05, 0.1) is 17.8 Å². The summed E-state index contributed by atoms with van der Waals surface area (Å²) < 4.78 is 21.3. The molecule has 4 N–H and O–H groups in total. The molecule has 0 aliphatic carbocycles. The van der Waals surface area contributed by atoms with E-state index in [9.17, 15) is 19.7 Å². The van der Waals surface area contributed by atoms with E-state index in [2.05, 4.69) is 9.52 Å². The Morgan fingerprint density at radius 1 is 1.45 bits per heavy atom. The topological polar surface area (TPSA) is 129 Å². The van der Waals surface area contributed by atoms with Gasteiger partial charge in [-0.15, -0.1) is 0 Å². The number of hydrogen-bond donors (Lipinski definition) is 4. The minimum atomic E-state index is -3.60. The van der Waals surface area contributed by atoms with Gasteiger partial charge in [0, 0.05) is 13.5 Å². The molecule has 0 aromatic rings. The van der Waals surface area contributed by atoms with Crippen LogP contribution in [-0.4, -0.2) is 74.9 Å². The van der Waals surface area contributed by atoms with Gasteiger partial charge in [-0.2, -0.15) is 0 Å². The zero-order chi connectivity index (χ0) is 14.9. The Kier molecular flexibility index (Phi) is 5.25. The Morgan fingerprint density at radius 2 is 2.15 bits per heavy atom. The van der Waals surface area contributed by atoms with Gasteiger partial charge in [0.1, 0.15) is 29.8 Å². The van der Waals surface area contributed by atoms with Crippen LogP contribution >= 0.6 is 19.4 Å². The predicted molar refractivity (Wildman–Crippen MR) is 72.9 cm³/mol.